The Morgan fingerprint density at radius 2 is 1.57 bits per heavy atom. The highest BCUT2D eigenvalue weighted by molar-refractivity contribution is 6.29. The summed E-state index contributed by atoms with van der Waals surface area (Å²) in [6, 6.07) is 4.77. The lowest BCUT2D eigenvalue weighted by atomic mass is 9.82. The van der Waals surface area contributed by atoms with Crippen LogP contribution in [0.25, 0.3) is 0 Å². The van der Waals surface area contributed by atoms with Gasteiger partial charge in [-0.25, -0.2) is 0 Å². The minimum atomic E-state index is -1.81. The lowest BCUT2D eigenvalue weighted by Gasteiger charge is -2.46. The number of esters is 1. The second-order valence-corrected chi connectivity index (χ2v) is 10.8. The molecule has 2 aliphatic heterocycles. The van der Waals surface area contributed by atoms with E-state index in [9.17, 15) is 50.1 Å². The van der Waals surface area contributed by atoms with E-state index < -0.39 is 91.3 Å². The van der Waals surface area contributed by atoms with E-state index in [1.165, 1.54) is 26.0 Å². The summed E-state index contributed by atoms with van der Waals surface area (Å²) >= 11 is 0. The van der Waals surface area contributed by atoms with E-state index in [-0.39, 0.29) is 39.3 Å². The van der Waals surface area contributed by atoms with Crippen molar-refractivity contribution in [2.45, 2.75) is 82.2 Å². The zero-order valence-corrected chi connectivity index (χ0v) is 23.7. The Labute approximate surface area is 249 Å². The molecule has 5 rings (SSSR count). The third-order valence-corrected chi connectivity index (χ3v) is 7.91. The predicted molar refractivity (Wildman–Crippen MR) is 143 cm³/mol. The predicted octanol–water partition coefficient (Wildman–Crippen LogP) is -1.22. The molecule has 2 aromatic rings. The van der Waals surface area contributed by atoms with Gasteiger partial charge in [0.15, 0.2) is 30.1 Å². The molecule has 1 aliphatic carbocycles. The first-order chi connectivity index (χ1) is 20.7. The Balaban J connectivity index is 1.53. The molecule has 44 heavy (non-hydrogen) atoms. The first-order valence-electron chi connectivity index (χ1n) is 13.7. The van der Waals surface area contributed by atoms with Gasteiger partial charge < -0.3 is 59.4 Å². The van der Waals surface area contributed by atoms with Crippen LogP contribution < -0.4 is 4.74 Å². The van der Waals surface area contributed by atoms with Gasteiger partial charge in [0.05, 0.1) is 18.3 Å². The number of hydrogen-bond acceptors (Lipinski definition) is 15. The number of fused-ring (bicyclic) bond motifs is 2. The standard InChI is InChI=1S/C29H32O15/c1-9-16(7-15-18(19(9)33)22(36)13-5-4-12(32)6-14(13)21(15)35)42-29-27(25(39)26(41-11(3)31)17(8-30)43-29)44-28-24(38)23(37)20(34)10(2)40-28/h4-7,10,17,20,23-30,32-34,37-39H,8H2,1-3H3/t10-,17-,20-,23+,24+,25+,26-,27-,28+,29-/m1/s1. The van der Waals surface area contributed by atoms with Crippen LogP contribution in [0.5, 0.6) is 17.2 Å². The maximum Gasteiger partial charge on any atom is 0.303 e. The fourth-order valence-corrected chi connectivity index (χ4v) is 5.50. The normalized spacial score (nSPS) is 33.4. The summed E-state index contributed by atoms with van der Waals surface area (Å²) in [7, 11) is 0. The summed E-state index contributed by atoms with van der Waals surface area (Å²) in [5.41, 5.74) is -0.698. The van der Waals surface area contributed by atoms with Crippen LogP contribution in [0.1, 0.15) is 51.3 Å². The molecule has 10 atom stereocenters. The molecule has 2 saturated heterocycles. The van der Waals surface area contributed by atoms with Crippen molar-refractivity contribution in [2.24, 2.45) is 0 Å². The Morgan fingerprint density at radius 1 is 0.864 bits per heavy atom. The molecule has 15 heteroatoms. The van der Waals surface area contributed by atoms with Crippen LogP contribution >= 0.6 is 0 Å². The first-order valence-corrected chi connectivity index (χ1v) is 13.7. The van der Waals surface area contributed by atoms with Crippen molar-refractivity contribution >= 4 is 17.5 Å². The molecule has 2 aromatic carbocycles. The zero-order chi connectivity index (χ0) is 32.2. The van der Waals surface area contributed by atoms with E-state index >= 15 is 0 Å². The largest absolute Gasteiger partial charge is 0.508 e. The van der Waals surface area contributed by atoms with Crippen molar-refractivity contribution in [2.75, 3.05) is 6.61 Å². The molecule has 0 amide bonds. The Morgan fingerprint density at radius 3 is 2.23 bits per heavy atom. The summed E-state index contributed by atoms with van der Waals surface area (Å²) < 4.78 is 28.2. The molecule has 0 bridgehead atoms. The van der Waals surface area contributed by atoms with E-state index in [0.29, 0.717) is 0 Å². The van der Waals surface area contributed by atoms with Gasteiger partial charge in [0, 0.05) is 29.2 Å². The first kappa shape index (κ1) is 31.7. The van der Waals surface area contributed by atoms with Crippen molar-refractivity contribution in [1.82, 2.24) is 0 Å². The third kappa shape index (κ3) is 5.41. The number of ketones is 2. The lowest BCUT2D eigenvalue weighted by Crippen LogP contribution is -2.65. The van der Waals surface area contributed by atoms with Gasteiger partial charge in [-0.15, -0.1) is 0 Å². The van der Waals surface area contributed by atoms with Gasteiger partial charge in [0.2, 0.25) is 6.29 Å². The summed E-state index contributed by atoms with van der Waals surface area (Å²) in [5.74, 6) is -3.27. The van der Waals surface area contributed by atoms with Crippen LogP contribution in [0, 0.1) is 6.92 Å². The molecule has 2 heterocycles. The monoisotopic (exact) mass is 620 g/mol. The smallest absolute Gasteiger partial charge is 0.303 e. The summed E-state index contributed by atoms with van der Waals surface area (Å²) in [6.07, 6.45) is -15.7. The van der Waals surface area contributed by atoms with Gasteiger partial charge in [-0.3, -0.25) is 14.4 Å². The van der Waals surface area contributed by atoms with Crippen LogP contribution in [0.3, 0.4) is 0 Å². The molecule has 0 aromatic heterocycles. The molecular formula is C29H32O15. The van der Waals surface area contributed by atoms with E-state index in [1.807, 2.05) is 0 Å². The van der Waals surface area contributed by atoms with Gasteiger partial charge in [-0.05, 0) is 38.1 Å². The number of phenolic OH excluding ortho intramolecular Hbond substituents is 2. The molecular weight excluding hydrogens is 588 g/mol. The van der Waals surface area contributed by atoms with Gasteiger partial charge in [0.25, 0.3) is 0 Å². The number of hydrogen-bond donors (Lipinski definition) is 7. The van der Waals surface area contributed by atoms with Crippen LogP contribution in [0.15, 0.2) is 24.3 Å². The van der Waals surface area contributed by atoms with Crippen molar-refractivity contribution < 1.29 is 73.8 Å². The molecule has 2 fully saturated rings. The molecule has 0 unspecified atom stereocenters. The van der Waals surface area contributed by atoms with Gasteiger partial charge in [-0.1, -0.05) is 0 Å². The van der Waals surface area contributed by atoms with E-state index in [4.69, 9.17) is 23.7 Å². The number of aromatic hydroxyl groups is 2. The number of phenols is 2. The van der Waals surface area contributed by atoms with Crippen LogP contribution in [-0.2, 0) is 23.7 Å². The summed E-state index contributed by atoms with van der Waals surface area (Å²) in [5, 5.41) is 73.0. The molecule has 0 spiro atoms. The topological polar surface area (TPSA) is 239 Å². The highest BCUT2D eigenvalue weighted by Crippen LogP contribution is 2.41. The average Bonchev–Trinajstić information content (AvgIpc) is 2.98. The van der Waals surface area contributed by atoms with Crippen molar-refractivity contribution in [3.63, 3.8) is 0 Å². The molecule has 238 valence electrons. The lowest BCUT2D eigenvalue weighted by molar-refractivity contribution is -0.355. The number of benzene rings is 2. The minimum Gasteiger partial charge on any atom is -0.508 e. The van der Waals surface area contributed by atoms with E-state index in [1.54, 1.807) is 0 Å². The van der Waals surface area contributed by atoms with E-state index in [0.717, 1.165) is 19.1 Å². The zero-order valence-electron chi connectivity index (χ0n) is 23.7. The molecule has 15 nitrogen and oxygen atoms in total. The highest BCUT2D eigenvalue weighted by atomic mass is 16.8. The van der Waals surface area contributed by atoms with Gasteiger partial charge >= 0.3 is 5.97 Å². The molecule has 0 radical (unpaired) electrons. The summed E-state index contributed by atoms with van der Waals surface area (Å²) in [4.78, 5) is 38.4. The van der Waals surface area contributed by atoms with Crippen molar-refractivity contribution in [3.05, 3.63) is 52.1 Å². The number of carbonyl (C=O) groups excluding carboxylic acids is 3. The number of ether oxygens (including phenoxy) is 5. The maximum absolute atomic E-state index is 13.4. The highest BCUT2D eigenvalue weighted by Gasteiger charge is 2.52. The Kier molecular flexibility index (Phi) is 8.67. The quantitative estimate of drug-likeness (QED) is 0.160. The minimum absolute atomic E-state index is 0.0206. The van der Waals surface area contributed by atoms with Crippen molar-refractivity contribution in [1.29, 1.82) is 0 Å². The second-order valence-electron chi connectivity index (χ2n) is 10.8. The van der Waals surface area contributed by atoms with Crippen LogP contribution in [0.4, 0.5) is 0 Å². The van der Waals surface area contributed by atoms with Crippen molar-refractivity contribution in [3.8, 4) is 17.2 Å². The van der Waals surface area contributed by atoms with Crippen LogP contribution in [0.2, 0.25) is 0 Å². The molecule has 7 N–H and O–H groups in total. The van der Waals surface area contributed by atoms with Crippen LogP contribution in [-0.4, -0.2) is 121 Å². The molecule has 0 saturated carbocycles. The van der Waals surface area contributed by atoms with Gasteiger partial charge in [-0.2, -0.15) is 0 Å². The third-order valence-electron chi connectivity index (χ3n) is 7.91. The Bertz CT molecular complexity index is 1470. The average molecular weight is 621 g/mol. The number of aliphatic hydroxyl groups is 5. The fraction of sp³-hybridized carbons (Fsp3) is 0.483. The summed E-state index contributed by atoms with van der Waals surface area (Å²) in [6.45, 7) is 3.07. The fourth-order valence-electron chi connectivity index (χ4n) is 5.50. The van der Waals surface area contributed by atoms with E-state index in [2.05, 4.69) is 0 Å². The maximum atomic E-state index is 13.4. The number of carbonyl (C=O) groups is 3. The van der Waals surface area contributed by atoms with Gasteiger partial charge in [0.1, 0.15) is 47.8 Å². The molecule has 3 aliphatic rings. The Hall–Kier alpha value is -3.67. The SMILES string of the molecule is CC(=O)O[C@H]1[C@H](O)[C@@H](O[C@@H]2O[C@H](C)[C@@H](O)[C@H](O)[C@@H]2O)[C@H](Oc2cc3c(c(O)c2C)C(=O)c2ccc(O)cc2C3=O)O[C@@H]1CO. The second kappa shape index (κ2) is 12.0. The number of aliphatic hydroxyl groups excluding tert-OH is 5. The number of rotatable bonds is 6.